The maximum Gasteiger partial charge on any atom is 0.335 e. The summed E-state index contributed by atoms with van der Waals surface area (Å²) in [6.45, 7) is 1.76. The molecule has 0 spiro atoms. The molecule has 1 saturated heterocycles. The number of aryl methyl sites for hydroxylation is 1. The van der Waals surface area contributed by atoms with E-state index in [1.165, 1.54) is 30.3 Å². The van der Waals surface area contributed by atoms with Gasteiger partial charge in [-0.3, -0.25) is 24.6 Å². The van der Waals surface area contributed by atoms with Crippen molar-refractivity contribution in [1.29, 1.82) is 0 Å². The number of benzene rings is 3. The Bertz CT molecular complexity index is 1430. The van der Waals surface area contributed by atoms with Crippen LogP contribution in [0, 0.1) is 6.92 Å². The van der Waals surface area contributed by atoms with E-state index in [1.54, 1.807) is 36.4 Å². The van der Waals surface area contributed by atoms with Gasteiger partial charge >= 0.3 is 5.97 Å². The predicted molar refractivity (Wildman–Crippen MR) is 141 cm³/mol. The van der Waals surface area contributed by atoms with Gasteiger partial charge in [-0.15, -0.1) is 0 Å². The molecule has 4 rings (SSSR count). The standard InChI is InChI=1S/C27H21N3O6S/c1-16-5-9-19(10-6-16)28-23(31)15-36-21-11-7-17(8-12-21)13-22-24(32)29-27(37)30(25(22)33)20-4-2-3-18(14-20)26(34)35/h2-14H,15H2,1H3,(H,28,31)(H,34,35)(H,29,32,37). The van der Waals surface area contributed by atoms with Crippen molar-refractivity contribution in [3.8, 4) is 5.75 Å². The molecule has 1 fully saturated rings. The maximum absolute atomic E-state index is 13.1. The van der Waals surface area contributed by atoms with Crippen LogP contribution in [0.4, 0.5) is 11.4 Å². The van der Waals surface area contributed by atoms with Gasteiger partial charge in [0, 0.05) is 5.69 Å². The number of aromatic carboxylic acids is 1. The Labute approximate surface area is 217 Å². The third-order valence-corrected chi connectivity index (χ3v) is 5.63. The monoisotopic (exact) mass is 515 g/mol. The smallest absolute Gasteiger partial charge is 0.335 e. The van der Waals surface area contributed by atoms with Gasteiger partial charge in [0.1, 0.15) is 11.3 Å². The molecule has 3 amide bonds. The number of carbonyl (C=O) groups excluding carboxylic acids is 3. The Morgan fingerprint density at radius 2 is 1.76 bits per heavy atom. The Kier molecular flexibility index (Phi) is 7.40. The fourth-order valence-corrected chi connectivity index (χ4v) is 3.76. The van der Waals surface area contributed by atoms with Crippen molar-refractivity contribution in [2.45, 2.75) is 6.92 Å². The minimum Gasteiger partial charge on any atom is -0.484 e. The van der Waals surface area contributed by atoms with Crippen LogP contribution in [-0.2, 0) is 14.4 Å². The molecule has 0 unspecified atom stereocenters. The number of carboxylic acid groups (broad SMARTS) is 1. The molecule has 0 aliphatic carbocycles. The molecule has 3 aromatic carbocycles. The van der Waals surface area contributed by atoms with Gasteiger partial charge in [0.15, 0.2) is 11.7 Å². The number of amides is 3. The molecule has 0 aromatic heterocycles. The molecule has 0 radical (unpaired) electrons. The first kappa shape index (κ1) is 25.3. The lowest BCUT2D eigenvalue weighted by Crippen LogP contribution is -2.54. The molecule has 3 aromatic rings. The van der Waals surface area contributed by atoms with Crippen LogP contribution in [0.25, 0.3) is 6.08 Å². The van der Waals surface area contributed by atoms with E-state index in [1.807, 2.05) is 19.1 Å². The van der Waals surface area contributed by atoms with Crippen molar-refractivity contribution in [2.75, 3.05) is 16.8 Å². The lowest BCUT2D eigenvalue weighted by atomic mass is 10.1. The van der Waals surface area contributed by atoms with Gasteiger partial charge in [-0.1, -0.05) is 35.9 Å². The van der Waals surface area contributed by atoms with E-state index in [2.05, 4.69) is 10.6 Å². The van der Waals surface area contributed by atoms with E-state index in [0.29, 0.717) is 17.0 Å². The molecule has 0 saturated carbocycles. The molecule has 3 N–H and O–H groups in total. The van der Waals surface area contributed by atoms with Gasteiger partial charge in [0.2, 0.25) is 0 Å². The van der Waals surface area contributed by atoms with E-state index in [9.17, 15) is 24.3 Å². The number of anilines is 2. The van der Waals surface area contributed by atoms with Crippen LogP contribution in [0.3, 0.4) is 0 Å². The van der Waals surface area contributed by atoms with Crippen LogP contribution in [0.5, 0.6) is 5.75 Å². The fraction of sp³-hybridized carbons (Fsp3) is 0.0741. The minimum absolute atomic E-state index is 0.0290. The lowest BCUT2D eigenvalue weighted by molar-refractivity contribution is -0.122. The molecule has 0 atom stereocenters. The fourth-order valence-electron chi connectivity index (χ4n) is 3.48. The summed E-state index contributed by atoms with van der Waals surface area (Å²) in [5.41, 5.74) is 2.29. The summed E-state index contributed by atoms with van der Waals surface area (Å²) in [5, 5.41) is 14.3. The molecular formula is C27H21N3O6S. The van der Waals surface area contributed by atoms with E-state index in [0.717, 1.165) is 10.5 Å². The minimum atomic E-state index is -1.16. The normalized spacial score (nSPS) is 14.4. The van der Waals surface area contributed by atoms with Crippen LogP contribution in [-0.4, -0.2) is 40.5 Å². The highest BCUT2D eigenvalue weighted by molar-refractivity contribution is 7.80. The Hall–Kier alpha value is -4.83. The highest BCUT2D eigenvalue weighted by Gasteiger charge is 2.34. The molecule has 37 heavy (non-hydrogen) atoms. The van der Waals surface area contributed by atoms with Gasteiger partial charge in [0.05, 0.1) is 11.3 Å². The van der Waals surface area contributed by atoms with E-state index in [-0.39, 0.29) is 34.5 Å². The Morgan fingerprint density at radius 3 is 2.43 bits per heavy atom. The van der Waals surface area contributed by atoms with Gasteiger partial charge in [0.25, 0.3) is 17.7 Å². The lowest BCUT2D eigenvalue weighted by Gasteiger charge is -2.29. The van der Waals surface area contributed by atoms with Gasteiger partial charge in [-0.05, 0) is 73.2 Å². The van der Waals surface area contributed by atoms with Crippen molar-refractivity contribution >= 4 is 58.5 Å². The number of hydrogen-bond acceptors (Lipinski definition) is 6. The van der Waals surface area contributed by atoms with Crippen molar-refractivity contribution in [2.24, 2.45) is 0 Å². The van der Waals surface area contributed by atoms with Crippen molar-refractivity contribution in [1.82, 2.24) is 5.32 Å². The molecular weight excluding hydrogens is 494 g/mol. The van der Waals surface area contributed by atoms with Crippen LogP contribution in [0.15, 0.2) is 78.4 Å². The highest BCUT2D eigenvalue weighted by atomic mass is 32.1. The number of nitrogens with zero attached hydrogens (tertiary/aromatic N) is 1. The van der Waals surface area contributed by atoms with Crippen molar-refractivity contribution < 1.29 is 29.0 Å². The van der Waals surface area contributed by atoms with Gasteiger partial charge in [-0.25, -0.2) is 4.79 Å². The second-order valence-corrected chi connectivity index (χ2v) is 8.47. The second-order valence-electron chi connectivity index (χ2n) is 8.09. The number of nitrogens with one attached hydrogen (secondary N) is 2. The van der Waals surface area contributed by atoms with Crippen LogP contribution in [0.1, 0.15) is 21.5 Å². The maximum atomic E-state index is 13.1. The highest BCUT2D eigenvalue weighted by Crippen LogP contribution is 2.24. The summed E-state index contributed by atoms with van der Waals surface area (Å²) in [7, 11) is 0. The molecule has 1 aliphatic heterocycles. The van der Waals surface area contributed by atoms with Crippen LogP contribution in [0.2, 0.25) is 0 Å². The first-order valence-corrected chi connectivity index (χ1v) is 11.5. The zero-order valence-electron chi connectivity index (χ0n) is 19.6. The number of thiocarbonyl (C=S) groups is 1. The predicted octanol–water partition coefficient (Wildman–Crippen LogP) is 3.54. The largest absolute Gasteiger partial charge is 0.484 e. The molecule has 1 aliphatic rings. The average Bonchev–Trinajstić information content (AvgIpc) is 2.87. The summed E-state index contributed by atoms with van der Waals surface area (Å²) < 4.78 is 5.52. The summed E-state index contributed by atoms with van der Waals surface area (Å²) >= 11 is 5.15. The summed E-state index contributed by atoms with van der Waals surface area (Å²) in [5.74, 6) is -2.42. The van der Waals surface area contributed by atoms with Crippen LogP contribution >= 0.6 is 12.2 Å². The first-order chi connectivity index (χ1) is 17.7. The third kappa shape index (κ3) is 6.06. The molecule has 10 heteroatoms. The van der Waals surface area contributed by atoms with E-state index < -0.39 is 17.8 Å². The molecule has 186 valence electrons. The topological polar surface area (TPSA) is 125 Å². The zero-order valence-corrected chi connectivity index (χ0v) is 20.4. The number of carbonyl (C=O) groups is 4. The Balaban J connectivity index is 1.45. The number of hydrogen-bond donors (Lipinski definition) is 3. The third-order valence-electron chi connectivity index (χ3n) is 5.35. The molecule has 9 nitrogen and oxygen atoms in total. The summed E-state index contributed by atoms with van der Waals surface area (Å²) in [6.07, 6.45) is 1.39. The quantitative estimate of drug-likeness (QED) is 0.250. The van der Waals surface area contributed by atoms with Gasteiger partial charge in [-0.2, -0.15) is 0 Å². The summed E-state index contributed by atoms with van der Waals surface area (Å²) in [4.78, 5) is 50.2. The first-order valence-electron chi connectivity index (χ1n) is 11.1. The van der Waals surface area contributed by atoms with Gasteiger partial charge < -0.3 is 15.2 Å². The van der Waals surface area contributed by atoms with Crippen molar-refractivity contribution in [3.63, 3.8) is 0 Å². The number of rotatable bonds is 7. The zero-order chi connectivity index (χ0) is 26.5. The molecule has 1 heterocycles. The number of carboxylic acids is 1. The average molecular weight is 516 g/mol. The summed E-state index contributed by atoms with van der Waals surface area (Å²) in [6, 6.07) is 19.5. The molecule has 0 bridgehead atoms. The second kappa shape index (κ2) is 10.8. The van der Waals surface area contributed by atoms with Crippen LogP contribution < -0.4 is 20.3 Å². The Morgan fingerprint density at radius 1 is 1.05 bits per heavy atom. The SMILES string of the molecule is Cc1ccc(NC(=O)COc2ccc(C=C3C(=O)NC(=S)N(c4cccc(C(=O)O)c4)C3=O)cc2)cc1. The van der Waals surface area contributed by atoms with Crippen molar-refractivity contribution in [3.05, 3.63) is 95.1 Å². The van der Waals surface area contributed by atoms with E-state index >= 15 is 0 Å². The van der Waals surface area contributed by atoms with E-state index in [4.69, 9.17) is 17.0 Å². The number of ether oxygens (including phenoxy) is 1.